The van der Waals surface area contributed by atoms with Crippen LogP contribution >= 0.6 is 0 Å². The Labute approximate surface area is 203 Å². The molecule has 0 radical (unpaired) electrons. The number of aryl methyl sites for hydroxylation is 2. The number of halogens is 1. The van der Waals surface area contributed by atoms with E-state index >= 15 is 0 Å². The number of nitriles is 1. The standard InChI is InChI=1S/C25H28FN5O4/c1-33-21-13-16(14-22(34-2)24(21)35-3)6-11-23(32)29-12-4-5-20-19(15-27)25(28)31(30-20)18-9-7-17(26)8-10-18/h7-10,13-14H,4-6,11-12,28H2,1-3H3,(H,29,32). The van der Waals surface area contributed by atoms with Crippen LogP contribution in [0.3, 0.4) is 0 Å². The molecule has 10 heteroatoms. The van der Waals surface area contributed by atoms with Gasteiger partial charge in [-0.3, -0.25) is 4.79 Å². The van der Waals surface area contributed by atoms with Crippen molar-refractivity contribution in [2.75, 3.05) is 33.6 Å². The summed E-state index contributed by atoms with van der Waals surface area (Å²) in [5.74, 6) is 1.30. The lowest BCUT2D eigenvalue weighted by Crippen LogP contribution is -2.25. The van der Waals surface area contributed by atoms with Gasteiger partial charge in [-0.05, 0) is 61.2 Å². The van der Waals surface area contributed by atoms with E-state index in [0.29, 0.717) is 54.4 Å². The van der Waals surface area contributed by atoms with Gasteiger partial charge in [0.25, 0.3) is 0 Å². The molecule has 1 aromatic heterocycles. The number of hydrogen-bond donors (Lipinski definition) is 2. The zero-order valence-corrected chi connectivity index (χ0v) is 19.9. The molecule has 9 nitrogen and oxygen atoms in total. The minimum Gasteiger partial charge on any atom is -0.493 e. The second kappa shape index (κ2) is 11.7. The number of aromatic nitrogens is 2. The summed E-state index contributed by atoms with van der Waals surface area (Å²) < 4.78 is 30.6. The third kappa shape index (κ3) is 6.00. The molecule has 0 unspecified atom stereocenters. The van der Waals surface area contributed by atoms with Gasteiger partial charge in [0.1, 0.15) is 23.3 Å². The molecule has 184 valence electrons. The van der Waals surface area contributed by atoms with Gasteiger partial charge in [-0.25, -0.2) is 9.07 Å². The van der Waals surface area contributed by atoms with E-state index in [0.717, 1.165) is 5.56 Å². The van der Waals surface area contributed by atoms with Crippen molar-refractivity contribution in [3.05, 3.63) is 59.0 Å². The first kappa shape index (κ1) is 25.4. The smallest absolute Gasteiger partial charge is 0.220 e. The maximum absolute atomic E-state index is 13.2. The van der Waals surface area contributed by atoms with Crippen molar-refractivity contribution in [2.45, 2.75) is 25.7 Å². The van der Waals surface area contributed by atoms with Gasteiger partial charge >= 0.3 is 0 Å². The summed E-state index contributed by atoms with van der Waals surface area (Å²) >= 11 is 0. The average molecular weight is 482 g/mol. The van der Waals surface area contributed by atoms with Gasteiger partial charge in [0, 0.05) is 13.0 Å². The zero-order chi connectivity index (χ0) is 25.4. The van der Waals surface area contributed by atoms with E-state index in [1.54, 1.807) is 14.2 Å². The molecule has 35 heavy (non-hydrogen) atoms. The van der Waals surface area contributed by atoms with E-state index in [4.69, 9.17) is 19.9 Å². The third-order valence-electron chi connectivity index (χ3n) is 5.45. The highest BCUT2D eigenvalue weighted by molar-refractivity contribution is 5.76. The van der Waals surface area contributed by atoms with Crippen LogP contribution in [0.4, 0.5) is 10.2 Å². The van der Waals surface area contributed by atoms with E-state index in [-0.39, 0.29) is 29.5 Å². The molecule has 3 N–H and O–H groups in total. The normalized spacial score (nSPS) is 10.5. The molecule has 0 aliphatic heterocycles. The van der Waals surface area contributed by atoms with Crippen molar-refractivity contribution in [1.29, 1.82) is 5.26 Å². The van der Waals surface area contributed by atoms with Crippen LogP contribution in [0.5, 0.6) is 17.2 Å². The first-order valence-electron chi connectivity index (χ1n) is 11.0. The summed E-state index contributed by atoms with van der Waals surface area (Å²) in [7, 11) is 4.62. The summed E-state index contributed by atoms with van der Waals surface area (Å²) in [5.41, 5.74) is 8.34. The number of anilines is 1. The molecule has 1 amide bonds. The van der Waals surface area contributed by atoms with Gasteiger partial charge < -0.3 is 25.3 Å². The SMILES string of the molecule is COc1cc(CCC(=O)NCCCc2nn(-c3ccc(F)cc3)c(N)c2C#N)cc(OC)c1OC. The van der Waals surface area contributed by atoms with Gasteiger partial charge in [0.05, 0.1) is 32.7 Å². The number of nitrogen functional groups attached to an aromatic ring is 1. The fraction of sp³-hybridized carbons (Fsp3) is 0.320. The van der Waals surface area contributed by atoms with Crippen LogP contribution in [-0.4, -0.2) is 43.6 Å². The second-order valence-corrected chi connectivity index (χ2v) is 7.69. The van der Waals surface area contributed by atoms with Crippen molar-refractivity contribution >= 4 is 11.7 Å². The fourth-order valence-corrected chi connectivity index (χ4v) is 3.66. The number of hydrogen-bond acceptors (Lipinski definition) is 7. The lowest BCUT2D eigenvalue weighted by molar-refractivity contribution is -0.121. The van der Waals surface area contributed by atoms with Crippen LogP contribution < -0.4 is 25.3 Å². The molecular formula is C25H28FN5O4. The second-order valence-electron chi connectivity index (χ2n) is 7.69. The topological polar surface area (TPSA) is 124 Å². The quantitative estimate of drug-likeness (QED) is 0.403. The summed E-state index contributed by atoms with van der Waals surface area (Å²) in [5, 5.41) is 16.8. The van der Waals surface area contributed by atoms with Crippen LogP contribution in [0.25, 0.3) is 5.69 Å². The van der Waals surface area contributed by atoms with Gasteiger partial charge in [0.15, 0.2) is 11.5 Å². The number of nitrogens with two attached hydrogens (primary N) is 1. The minimum absolute atomic E-state index is 0.101. The molecule has 3 aromatic rings. The predicted molar refractivity (Wildman–Crippen MR) is 128 cm³/mol. The van der Waals surface area contributed by atoms with Crippen LogP contribution in [0, 0.1) is 17.1 Å². The lowest BCUT2D eigenvalue weighted by atomic mass is 10.1. The van der Waals surface area contributed by atoms with Crippen molar-refractivity contribution in [1.82, 2.24) is 15.1 Å². The van der Waals surface area contributed by atoms with E-state index < -0.39 is 0 Å². The van der Waals surface area contributed by atoms with Gasteiger partial charge in [-0.1, -0.05) is 0 Å². The first-order chi connectivity index (χ1) is 16.9. The molecule has 2 aromatic carbocycles. The average Bonchev–Trinajstić information content (AvgIpc) is 3.19. The van der Waals surface area contributed by atoms with E-state index in [1.165, 1.54) is 36.1 Å². The summed E-state index contributed by atoms with van der Waals surface area (Å²) in [6, 6.07) is 11.4. The number of methoxy groups -OCH3 is 3. The van der Waals surface area contributed by atoms with Gasteiger partial charge in [-0.2, -0.15) is 10.4 Å². The van der Waals surface area contributed by atoms with Gasteiger partial charge in [0.2, 0.25) is 11.7 Å². The molecule has 0 aliphatic carbocycles. The number of nitrogens with zero attached hydrogens (tertiary/aromatic N) is 3. The van der Waals surface area contributed by atoms with Crippen LogP contribution in [0.1, 0.15) is 29.7 Å². The Hall–Kier alpha value is -4.26. The molecule has 0 bridgehead atoms. The number of rotatable bonds is 11. The molecule has 0 atom stereocenters. The number of carbonyl (C=O) groups excluding carboxylic acids is 1. The fourth-order valence-electron chi connectivity index (χ4n) is 3.66. The Morgan fingerprint density at radius 2 is 1.77 bits per heavy atom. The Balaban J connectivity index is 1.53. The summed E-state index contributed by atoms with van der Waals surface area (Å²) in [6.07, 6.45) is 1.81. The number of amides is 1. The highest BCUT2D eigenvalue weighted by Gasteiger charge is 2.17. The predicted octanol–water partition coefficient (Wildman–Crippen LogP) is 3.17. The monoisotopic (exact) mass is 481 g/mol. The third-order valence-corrected chi connectivity index (χ3v) is 5.45. The molecule has 0 saturated heterocycles. The zero-order valence-electron chi connectivity index (χ0n) is 19.9. The van der Waals surface area contributed by atoms with Gasteiger partial charge in [-0.15, -0.1) is 0 Å². The van der Waals surface area contributed by atoms with E-state index in [1.807, 2.05) is 12.1 Å². The molecule has 0 spiro atoms. The number of carbonyl (C=O) groups is 1. The Morgan fingerprint density at radius 3 is 2.34 bits per heavy atom. The van der Waals surface area contributed by atoms with Crippen molar-refractivity contribution in [3.8, 4) is 29.0 Å². The maximum atomic E-state index is 13.2. The molecule has 0 fully saturated rings. The highest BCUT2D eigenvalue weighted by Crippen LogP contribution is 2.38. The van der Waals surface area contributed by atoms with E-state index in [9.17, 15) is 14.4 Å². The number of nitrogens with one attached hydrogen (secondary N) is 1. The van der Waals surface area contributed by atoms with Crippen LogP contribution in [-0.2, 0) is 17.6 Å². The van der Waals surface area contributed by atoms with Crippen molar-refractivity contribution in [3.63, 3.8) is 0 Å². The van der Waals surface area contributed by atoms with Crippen molar-refractivity contribution in [2.24, 2.45) is 0 Å². The lowest BCUT2D eigenvalue weighted by Gasteiger charge is -2.14. The number of ether oxygens (including phenoxy) is 3. The van der Waals surface area contributed by atoms with E-state index in [2.05, 4.69) is 16.5 Å². The summed E-state index contributed by atoms with van der Waals surface area (Å²) in [4.78, 5) is 12.3. The minimum atomic E-state index is -0.374. The van der Waals surface area contributed by atoms with Crippen molar-refractivity contribution < 1.29 is 23.4 Å². The summed E-state index contributed by atoms with van der Waals surface area (Å²) in [6.45, 7) is 0.419. The Morgan fingerprint density at radius 1 is 1.11 bits per heavy atom. The maximum Gasteiger partial charge on any atom is 0.220 e. The molecular weight excluding hydrogens is 453 g/mol. The Kier molecular flexibility index (Phi) is 8.51. The molecule has 3 rings (SSSR count). The largest absolute Gasteiger partial charge is 0.493 e. The van der Waals surface area contributed by atoms with Crippen LogP contribution in [0.15, 0.2) is 36.4 Å². The molecule has 0 aliphatic rings. The number of benzene rings is 2. The Bertz CT molecular complexity index is 1190. The molecule has 0 saturated carbocycles. The molecule has 1 heterocycles. The highest BCUT2D eigenvalue weighted by atomic mass is 19.1. The first-order valence-corrected chi connectivity index (χ1v) is 11.0. The van der Waals surface area contributed by atoms with Crippen LogP contribution in [0.2, 0.25) is 0 Å².